The summed E-state index contributed by atoms with van der Waals surface area (Å²) in [6, 6.07) is 5.31. The smallest absolute Gasteiger partial charge is 0.307 e. The van der Waals surface area contributed by atoms with Crippen LogP contribution < -0.4 is 5.32 Å². The second-order valence-corrected chi connectivity index (χ2v) is 5.13. The predicted octanol–water partition coefficient (Wildman–Crippen LogP) is 3.00. The molecule has 1 aliphatic heterocycles. The number of aromatic nitrogens is 2. The Labute approximate surface area is 120 Å². The van der Waals surface area contributed by atoms with Crippen LogP contribution in [0.2, 0.25) is 0 Å². The van der Waals surface area contributed by atoms with Gasteiger partial charge in [0.15, 0.2) is 0 Å². The van der Waals surface area contributed by atoms with Crippen molar-refractivity contribution in [2.24, 2.45) is 0 Å². The Morgan fingerprint density at radius 2 is 2.00 bits per heavy atom. The zero-order valence-electron chi connectivity index (χ0n) is 11.5. The third-order valence-electron chi connectivity index (χ3n) is 3.56. The Bertz CT molecular complexity index is 680. The standard InChI is InChI=1S/C15H14F3N3/c1-9-12-7-19-8-13(12)21-14(20-9)6-10-3-2-4-11(5-10)15(16,17)18/h2-5,19H,6-8H2,1H3. The molecule has 0 amide bonds. The summed E-state index contributed by atoms with van der Waals surface area (Å²) < 4.78 is 38.1. The number of hydrogen-bond donors (Lipinski definition) is 1. The summed E-state index contributed by atoms with van der Waals surface area (Å²) in [6.07, 6.45) is -4.02. The molecule has 0 radical (unpaired) electrons. The number of fused-ring (bicyclic) bond motifs is 1. The maximum atomic E-state index is 12.7. The molecule has 0 saturated carbocycles. The lowest BCUT2D eigenvalue weighted by molar-refractivity contribution is -0.137. The average Bonchev–Trinajstić information content (AvgIpc) is 2.87. The number of aryl methyl sites for hydroxylation is 1. The number of nitrogens with one attached hydrogen (secondary N) is 1. The van der Waals surface area contributed by atoms with Gasteiger partial charge in [-0.3, -0.25) is 0 Å². The molecule has 0 spiro atoms. The van der Waals surface area contributed by atoms with Crippen molar-refractivity contribution < 1.29 is 13.2 Å². The quantitative estimate of drug-likeness (QED) is 0.925. The van der Waals surface area contributed by atoms with E-state index in [4.69, 9.17) is 0 Å². The van der Waals surface area contributed by atoms with Crippen LogP contribution in [0.25, 0.3) is 0 Å². The highest BCUT2D eigenvalue weighted by Crippen LogP contribution is 2.30. The van der Waals surface area contributed by atoms with Crippen molar-refractivity contribution >= 4 is 0 Å². The molecular formula is C15H14F3N3. The van der Waals surface area contributed by atoms with Crippen LogP contribution in [0.1, 0.15) is 33.9 Å². The summed E-state index contributed by atoms with van der Waals surface area (Å²) in [5.74, 6) is 0.564. The van der Waals surface area contributed by atoms with Gasteiger partial charge in [-0.15, -0.1) is 0 Å². The van der Waals surface area contributed by atoms with Crippen LogP contribution in [0.5, 0.6) is 0 Å². The molecule has 1 aliphatic rings. The number of rotatable bonds is 2. The van der Waals surface area contributed by atoms with E-state index in [-0.39, 0.29) is 0 Å². The Morgan fingerprint density at radius 1 is 1.19 bits per heavy atom. The molecule has 0 unspecified atom stereocenters. The van der Waals surface area contributed by atoms with Gasteiger partial charge in [0, 0.05) is 30.8 Å². The van der Waals surface area contributed by atoms with Crippen LogP contribution in [0.4, 0.5) is 13.2 Å². The highest BCUT2D eigenvalue weighted by molar-refractivity contribution is 5.31. The van der Waals surface area contributed by atoms with Crippen LogP contribution >= 0.6 is 0 Å². The van der Waals surface area contributed by atoms with Crippen LogP contribution in [0, 0.1) is 6.92 Å². The molecular weight excluding hydrogens is 279 g/mol. The molecule has 1 N–H and O–H groups in total. The number of benzene rings is 1. The van der Waals surface area contributed by atoms with Gasteiger partial charge in [0.25, 0.3) is 0 Å². The monoisotopic (exact) mass is 293 g/mol. The molecule has 3 rings (SSSR count). The number of hydrogen-bond acceptors (Lipinski definition) is 3. The zero-order chi connectivity index (χ0) is 15.0. The lowest BCUT2D eigenvalue weighted by Gasteiger charge is -2.09. The number of nitrogens with zero attached hydrogens (tertiary/aromatic N) is 2. The van der Waals surface area contributed by atoms with Gasteiger partial charge in [-0.05, 0) is 18.6 Å². The second kappa shape index (κ2) is 5.11. The Morgan fingerprint density at radius 3 is 2.76 bits per heavy atom. The van der Waals surface area contributed by atoms with E-state index >= 15 is 0 Å². The van der Waals surface area contributed by atoms with Gasteiger partial charge in [0.05, 0.1) is 11.3 Å². The van der Waals surface area contributed by atoms with E-state index in [1.165, 1.54) is 6.07 Å². The molecule has 0 bridgehead atoms. The van der Waals surface area contributed by atoms with Crippen molar-refractivity contribution in [1.29, 1.82) is 0 Å². The largest absolute Gasteiger partial charge is 0.416 e. The molecule has 1 aromatic carbocycles. The van der Waals surface area contributed by atoms with Gasteiger partial charge < -0.3 is 5.32 Å². The maximum Gasteiger partial charge on any atom is 0.416 e. The van der Waals surface area contributed by atoms with Gasteiger partial charge in [0.2, 0.25) is 0 Å². The molecule has 1 aromatic heterocycles. The average molecular weight is 293 g/mol. The Kier molecular flexibility index (Phi) is 3.41. The van der Waals surface area contributed by atoms with E-state index in [2.05, 4.69) is 15.3 Å². The highest BCUT2D eigenvalue weighted by atomic mass is 19.4. The van der Waals surface area contributed by atoms with Crippen LogP contribution in [0.15, 0.2) is 24.3 Å². The fraction of sp³-hybridized carbons (Fsp3) is 0.333. The third-order valence-corrected chi connectivity index (χ3v) is 3.56. The van der Waals surface area contributed by atoms with E-state index in [1.807, 2.05) is 6.92 Å². The normalized spacial score (nSPS) is 14.3. The predicted molar refractivity (Wildman–Crippen MR) is 71.6 cm³/mol. The van der Waals surface area contributed by atoms with Gasteiger partial charge in [-0.25, -0.2) is 9.97 Å². The minimum Gasteiger partial charge on any atom is -0.307 e. The van der Waals surface area contributed by atoms with Crippen LogP contribution in [-0.2, 0) is 25.7 Å². The summed E-state index contributed by atoms with van der Waals surface area (Å²) in [5, 5.41) is 3.20. The minimum absolute atomic E-state index is 0.304. The molecule has 0 atom stereocenters. The van der Waals surface area contributed by atoms with Crippen molar-refractivity contribution in [2.75, 3.05) is 0 Å². The number of halogens is 3. The first-order valence-corrected chi connectivity index (χ1v) is 6.65. The molecule has 3 nitrogen and oxygen atoms in total. The van der Waals surface area contributed by atoms with Crippen molar-refractivity contribution in [3.63, 3.8) is 0 Å². The van der Waals surface area contributed by atoms with Crippen LogP contribution in [0.3, 0.4) is 0 Å². The Hall–Kier alpha value is -1.95. The summed E-state index contributed by atoms with van der Waals surface area (Å²) in [5.41, 5.74) is 2.87. The first-order chi connectivity index (χ1) is 9.93. The lowest BCUT2D eigenvalue weighted by Crippen LogP contribution is -2.07. The van der Waals surface area contributed by atoms with Gasteiger partial charge in [0.1, 0.15) is 5.82 Å². The third kappa shape index (κ3) is 2.90. The minimum atomic E-state index is -4.32. The Balaban J connectivity index is 1.89. The van der Waals surface area contributed by atoms with E-state index in [9.17, 15) is 13.2 Å². The van der Waals surface area contributed by atoms with E-state index in [0.717, 1.165) is 35.6 Å². The summed E-state index contributed by atoms with van der Waals surface area (Å²) in [4.78, 5) is 8.85. The molecule has 110 valence electrons. The van der Waals surface area contributed by atoms with Gasteiger partial charge in [-0.1, -0.05) is 18.2 Å². The first kappa shape index (κ1) is 14.0. The second-order valence-electron chi connectivity index (χ2n) is 5.13. The van der Waals surface area contributed by atoms with E-state index < -0.39 is 11.7 Å². The van der Waals surface area contributed by atoms with E-state index in [1.54, 1.807) is 6.07 Å². The maximum absolute atomic E-state index is 12.7. The highest BCUT2D eigenvalue weighted by Gasteiger charge is 2.30. The van der Waals surface area contributed by atoms with E-state index in [0.29, 0.717) is 24.4 Å². The van der Waals surface area contributed by atoms with Crippen molar-refractivity contribution in [3.8, 4) is 0 Å². The summed E-state index contributed by atoms with van der Waals surface area (Å²) in [6.45, 7) is 3.35. The van der Waals surface area contributed by atoms with Crippen molar-refractivity contribution in [2.45, 2.75) is 32.6 Å². The summed E-state index contributed by atoms with van der Waals surface area (Å²) in [7, 11) is 0. The fourth-order valence-electron chi connectivity index (χ4n) is 2.52. The topological polar surface area (TPSA) is 37.8 Å². The molecule has 0 fully saturated rings. The van der Waals surface area contributed by atoms with Gasteiger partial charge >= 0.3 is 6.18 Å². The van der Waals surface area contributed by atoms with Gasteiger partial charge in [-0.2, -0.15) is 13.2 Å². The molecule has 2 heterocycles. The molecule has 0 aliphatic carbocycles. The lowest BCUT2D eigenvalue weighted by atomic mass is 10.1. The number of alkyl halides is 3. The molecule has 6 heteroatoms. The molecule has 0 saturated heterocycles. The fourth-order valence-corrected chi connectivity index (χ4v) is 2.52. The first-order valence-electron chi connectivity index (χ1n) is 6.65. The zero-order valence-corrected chi connectivity index (χ0v) is 11.5. The van der Waals surface area contributed by atoms with Crippen LogP contribution in [-0.4, -0.2) is 9.97 Å². The van der Waals surface area contributed by atoms with Crippen molar-refractivity contribution in [3.05, 3.63) is 58.2 Å². The SMILES string of the molecule is Cc1nc(Cc2cccc(C(F)(F)F)c2)nc2c1CNC2. The summed E-state index contributed by atoms with van der Waals surface area (Å²) >= 11 is 0. The van der Waals surface area contributed by atoms with Crippen molar-refractivity contribution in [1.82, 2.24) is 15.3 Å². The molecule has 2 aromatic rings. The molecule has 21 heavy (non-hydrogen) atoms.